The van der Waals surface area contributed by atoms with E-state index in [2.05, 4.69) is 0 Å². The molecule has 0 aliphatic heterocycles. The molecule has 96 valence electrons. The number of hydrogen-bond acceptors (Lipinski definition) is 4. The third kappa shape index (κ3) is 4.10. The first-order valence-corrected chi connectivity index (χ1v) is 6.06. The van der Waals surface area contributed by atoms with Crippen molar-refractivity contribution in [3.8, 4) is 6.07 Å². The minimum atomic E-state index is -0.390. The first-order valence-electron chi connectivity index (χ1n) is 5.31. The van der Waals surface area contributed by atoms with Gasteiger partial charge in [0, 0.05) is 5.69 Å². The maximum atomic E-state index is 11.4. The van der Waals surface area contributed by atoms with Crippen molar-refractivity contribution >= 4 is 34.9 Å². The third-order valence-electron chi connectivity index (χ3n) is 2.16. The number of nitriles is 1. The summed E-state index contributed by atoms with van der Waals surface area (Å²) in [6.07, 6.45) is 0. The van der Waals surface area contributed by atoms with Crippen molar-refractivity contribution in [2.45, 2.75) is 6.92 Å². The summed E-state index contributed by atoms with van der Waals surface area (Å²) in [5.41, 5.74) is 0.652. The van der Waals surface area contributed by atoms with E-state index in [0.29, 0.717) is 22.3 Å². The maximum Gasteiger partial charge on any atom is 0.325 e. The number of carbonyl (C=O) groups excluding carboxylic acids is 1. The zero-order chi connectivity index (χ0) is 13.5. The fraction of sp³-hybridized carbons (Fsp3) is 0.333. The van der Waals surface area contributed by atoms with E-state index in [9.17, 15) is 4.79 Å². The van der Waals surface area contributed by atoms with Gasteiger partial charge in [0.15, 0.2) is 0 Å². The van der Waals surface area contributed by atoms with Gasteiger partial charge in [0.05, 0.1) is 22.7 Å². The molecule has 0 atom stereocenters. The molecule has 0 saturated heterocycles. The fourth-order valence-corrected chi connectivity index (χ4v) is 1.66. The van der Waals surface area contributed by atoms with Crippen molar-refractivity contribution < 1.29 is 9.53 Å². The zero-order valence-electron chi connectivity index (χ0n) is 9.82. The molecule has 1 aromatic rings. The van der Waals surface area contributed by atoms with Gasteiger partial charge in [0.2, 0.25) is 0 Å². The van der Waals surface area contributed by atoms with Gasteiger partial charge in [-0.25, -0.2) is 0 Å². The van der Waals surface area contributed by atoms with Gasteiger partial charge < -0.3 is 9.64 Å². The Hall–Kier alpha value is -1.44. The molecule has 0 radical (unpaired) electrons. The molecular weight excluding hydrogens is 275 g/mol. The lowest BCUT2D eigenvalue weighted by molar-refractivity contribution is -0.141. The van der Waals surface area contributed by atoms with Crippen LogP contribution in [0.4, 0.5) is 5.69 Å². The molecule has 0 saturated carbocycles. The van der Waals surface area contributed by atoms with Crippen LogP contribution in [-0.4, -0.2) is 25.7 Å². The van der Waals surface area contributed by atoms with Gasteiger partial charge in [-0.1, -0.05) is 23.2 Å². The highest BCUT2D eigenvalue weighted by atomic mass is 35.5. The standard InChI is InChI=1S/C12H12Cl2N2O2/c1-2-18-12(17)8-16(6-5-15)9-3-4-10(13)11(14)7-9/h3-4,7H,2,6,8H2,1H3. The average molecular weight is 287 g/mol. The van der Waals surface area contributed by atoms with Gasteiger partial charge in [-0.3, -0.25) is 4.79 Å². The average Bonchev–Trinajstić information content (AvgIpc) is 2.32. The largest absolute Gasteiger partial charge is 0.465 e. The molecule has 0 aromatic heterocycles. The minimum Gasteiger partial charge on any atom is -0.465 e. The number of halogens is 2. The number of carbonyl (C=O) groups is 1. The number of anilines is 1. The summed E-state index contributed by atoms with van der Waals surface area (Å²) < 4.78 is 4.85. The quantitative estimate of drug-likeness (QED) is 0.617. The van der Waals surface area contributed by atoms with E-state index in [-0.39, 0.29) is 19.1 Å². The number of benzene rings is 1. The van der Waals surface area contributed by atoms with Crippen LogP contribution in [0.25, 0.3) is 0 Å². The second kappa shape index (κ2) is 7.10. The van der Waals surface area contributed by atoms with E-state index >= 15 is 0 Å². The van der Waals surface area contributed by atoms with E-state index in [1.54, 1.807) is 30.0 Å². The second-order valence-electron chi connectivity index (χ2n) is 3.42. The highest BCUT2D eigenvalue weighted by Crippen LogP contribution is 2.27. The lowest BCUT2D eigenvalue weighted by Crippen LogP contribution is -2.31. The monoisotopic (exact) mass is 286 g/mol. The number of esters is 1. The molecular formula is C12H12Cl2N2O2. The highest BCUT2D eigenvalue weighted by Gasteiger charge is 2.13. The van der Waals surface area contributed by atoms with Gasteiger partial charge in [-0.2, -0.15) is 5.26 Å². The zero-order valence-corrected chi connectivity index (χ0v) is 11.3. The molecule has 6 heteroatoms. The van der Waals surface area contributed by atoms with E-state index in [4.69, 9.17) is 33.2 Å². The Balaban J connectivity index is 2.87. The van der Waals surface area contributed by atoms with E-state index < -0.39 is 0 Å². The summed E-state index contributed by atoms with van der Waals surface area (Å²) in [5, 5.41) is 9.56. The predicted molar refractivity (Wildman–Crippen MR) is 70.9 cm³/mol. The molecule has 0 spiro atoms. The van der Waals surface area contributed by atoms with Crippen LogP contribution in [0.2, 0.25) is 10.0 Å². The van der Waals surface area contributed by atoms with Gasteiger partial charge in [-0.15, -0.1) is 0 Å². The molecule has 0 aliphatic rings. The molecule has 4 nitrogen and oxygen atoms in total. The van der Waals surface area contributed by atoms with Gasteiger partial charge in [0.25, 0.3) is 0 Å². The van der Waals surface area contributed by atoms with Crippen molar-refractivity contribution in [1.82, 2.24) is 0 Å². The Labute approximate surface area is 116 Å². The van der Waals surface area contributed by atoms with Crippen LogP contribution in [0.5, 0.6) is 0 Å². The van der Waals surface area contributed by atoms with Crippen LogP contribution in [0.15, 0.2) is 18.2 Å². The SMILES string of the molecule is CCOC(=O)CN(CC#N)c1ccc(Cl)c(Cl)c1. The van der Waals surface area contributed by atoms with E-state index in [1.807, 2.05) is 6.07 Å². The van der Waals surface area contributed by atoms with Crippen molar-refractivity contribution in [2.24, 2.45) is 0 Å². The van der Waals surface area contributed by atoms with Crippen molar-refractivity contribution in [3.63, 3.8) is 0 Å². The van der Waals surface area contributed by atoms with Gasteiger partial charge >= 0.3 is 5.97 Å². The summed E-state index contributed by atoms with van der Waals surface area (Å²) in [4.78, 5) is 13.0. The highest BCUT2D eigenvalue weighted by molar-refractivity contribution is 6.42. The Morgan fingerprint density at radius 3 is 2.72 bits per heavy atom. The van der Waals surface area contributed by atoms with Crippen LogP contribution >= 0.6 is 23.2 Å². The van der Waals surface area contributed by atoms with Crippen molar-refractivity contribution in [1.29, 1.82) is 5.26 Å². The Bertz CT molecular complexity index is 472. The fourth-order valence-electron chi connectivity index (χ4n) is 1.37. The summed E-state index contributed by atoms with van der Waals surface area (Å²) >= 11 is 11.7. The minimum absolute atomic E-state index is 0.000634. The maximum absolute atomic E-state index is 11.4. The van der Waals surface area contributed by atoms with E-state index in [0.717, 1.165) is 0 Å². The summed E-state index contributed by atoms with van der Waals surface area (Å²) in [6, 6.07) is 6.92. The second-order valence-corrected chi connectivity index (χ2v) is 4.23. The lowest BCUT2D eigenvalue weighted by atomic mass is 10.3. The first kappa shape index (κ1) is 14.6. The molecule has 0 amide bonds. The molecule has 1 rings (SSSR count). The topological polar surface area (TPSA) is 53.3 Å². The first-order chi connectivity index (χ1) is 8.58. The number of nitrogens with zero attached hydrogens (tertiary/aromatic N) is 2. The summed E-state index contributed by atoms with van der Waals surface area (Å²) in [6.45, 7) is 2.10. The van der Waals surface area contributed by atoms with Crippen LogP contribution < -0.4 is 4.90 Å². The van der Waals surface area contributed by atoms with Gasteiger partial charge in [0.1, 0.15) is 13.1 Å². The molecule has 0 fully saturated rings. The molecule has 18 heavy (non-hydrogen) atoms. The smallest absolute Gasteiger partial charge is 0.325 e. The van der Waals surface area contributed by atoms with Gasteiger partial charge in [-0.05, 0) is 25.1 Å². The molecule has 0 aliphatic carbocycles. The van der Waals surface area contributed by atoms with Crippen LogP contribution in [0.1, 0.15) is 6.92 Å². The summed E-state index contributed by atoms with van der Waals surface area (Å²) in [7, 11) is 0. The van der Waals surface area contributed by atoms with Crippen LogP contribution in [-0.2, 0) is 9.53 Å². The molecule has 1 aromatic carbocycles. The van der Waals surface area contributed by atoms with Crippen molar-refractivity contribution in [3.05, 3.63) is 28.2 Å². The lowest BCUT2D eigenvalue weighted by Gasteiger charge is -2.20. The normalized spacial score (nSPS) is 9.67. The number of rotatable bonds is 5. The predicted octanol–water partition coefficient (Wildman–Crippen LogP) is 2.89. The Morgan fingerprint density at radius 2 is 2.17 bits per heavy atom. The third-order valence-corrected chi connectivity index (χ3v) is 2.89. The van der Waals surface area contributed by atoms with E-state index in [1.165, 1.54) is 0 Å². The molecule has 0 heterocycles. The van der Waals surface area contributed by atoms with Crippen LogP contribution in [0.3, 0.4) is 0 Å². The molecule has 0 bridgehead atoms. The summed E-state index contributed by atoms with van der Waals surface area (Å²) in [5.74, 6) is -0.390. The number of hydrogen-bond donors (Lipinski definition) is 0. The Kier molecular flexibility index (Phi) is 5.76. The Morgan fingerprint density at radius 1 is 1.44 bits per heavy atom. The van der Waals surface area contributed by atoms with Crippen molar-refractivity contribution in [2.75, 3.05) is 24.6 Å². The number of ether oxygens (including phenoxy) is 1. The molecule has 0 unspecified atom stereocenters. The van der Waals surface area contributed by atoms with Crippen LogP contribution in [0, 0.1) is 11.3 Å². The molecule has 0 N–H and O–H groups in total.